The predicted molar refractivity (Wildman–Crippen MR) is 122 cm³/mol. The Morgan fingerprint density at radius 3 is 2.69 bits per heavy atom. The van der Waals surface area contributed by atoms with Gasteiger partial charge in [-0.25, -0.2) is 4.68 Å². The van der Waals surface area contributed by atoms with Gasteiger partial charge in [-0.15, -0.1) is 0 Å². The molecule has 0 radical (unpaired) electrons. The number of aromatic nitrogens is 2. The number of amides is 2. The molecule has 4 rings (SSSR count). The van der Waals surface area contributed by atoms with Crippen molar-refractivity contribution in [3.05, 3.63) is 76.6 Å². The van der Waals surface area contributed by atoms with Crippen LogP contribution in [0.4, 0.5) is 0 Å². The molecule has 0 spiro atoms. The van der Waals surface area contributed by atoms with Gasteiger partial charge in [-0.2, -0.15) is 5.10 Å². The summed E-state index contributed by atoms with van der Waals surface area (Å²) >= 11 is 6.10. The molecule has 2 aromatic carbocycles. The van der Waals surface area contributed by atoms with Crippen molar-refractivity contribution in [2.45, 2.75) is 32.4 Å². The summed E-state index contributed by atoms with van der Waals surface area (Å²) < 4.78 is 6.85. The van der Waals surface area contributed by atoms with Crippen LogP contribution in [-0.4, -0.2) is 46.2 Å². The summed E-state index contributed by atoms with van der Waals surface area (Å²) in [6.45, 7) is 2.81. The Labute approximate surface area is 191 Å². The number of rotatable bonds is 6. The Morgan fingerprint density at radius 1 is 1.19 bits per heavy atom. The smallest absolute Gasteiger partial charge is 0.275 e. The summed E-state index contributed by atoms with van der Waals surface area (Å²) in [6.07, 6.45) is 1.41. The standard InChI is InChI=1S/C24H25ClN4O3/c1-16-13-21(27-29(16)19-6-3-5-18(25)14-19)24(31)28-12-4-7-22(28)23(30)26-15-17-8-10-20(32-2)11-9-17/h3,5-6,8-11,13-14,22H,4,7,12,15H2,1-2H3,(H,26,30)/t22-/m1/s1. The minimum Gasteiger partial charge on any atom is -0.497 e. The zero-order chi connectivity index (χ0) is 22.7. The van der Waals surface area contributed by atoms with Gasteiger partial charge in [0.05, 0.1) is 12.8 Å². The van der Waals surface area contributed by atoms with Gasteiger partial charge in [0, 0.05) is 23.8 Å². The number of carbonyl (C=O) groups is 2. The third-order valence-corrected chi connectivity index (χ3v) is 5.84. The van der Waals surface area contributed by atoms with Crippen molar-refractivity contribution in [3.63, 3.8) is 0 Å². The van der Waals surface area contributed by atoms with Gasteiger partial charge >= 0.3 is 0 Å². The average molecular weight is 453 g/mol. The number of carbonyl (C=O) groups excluding carboxylic acids is 2. The summed E-state index contributed by atoms with van der Waals surface area (Å²) in [5, 5.41) is 8.04. The minimum absolute atomic E-state index is 0.155. The Kier molecular flexibility index (Phi) is 6.46. The van der Waals surface area contributed by atoms with Crippen LogP contribution in [0.3, 0.4) is 0 Å². The number of methoxy groups -OCH3 is 1. The molecule has 166 valence electrons. The van der Waals surface area contributed by atoms with Crippen LogP contribution in [0.1, 0.15) is 34.6 Å². The first-order valence-corrected chi connectivity index (χ1v) is 10.9. The van der Waals surface area contributed by atoms with E-state index < -0.39 is 6.04 Å². The zero-order valence-electron chi connectivity index (χ0n) is 18.0. The number of aryl methyl sites for hydroxylation is 1. The fourth-order valence-electron chi connectivity index (χ4n) is 3.93. The number of hydrogen-bond acceptors (Lipinski definition) is 4. The molecule has 2 amide bonds. The van der Waals surface area contributed by atoms with Crippen molar-refractivity contribution in [1.29, 1.82) is 0 Å². The van der Waals surface area contributed by atoms with Gasteiger partial charge in [-0.05, 0) is 61.7 Å². The molecule has 2 heterocycles. The second-order valence-corrected chi connectivity index (χ2v) is 8.22. The van der Waals surface area contributed by atoms with Gasteiger partial charge < -0.3 is 15.0 Å². The molecule has 1 aromatic heterocycles. The van der Waals surface area contributed by atoms with Crippen molar-refractivity contribution in [2.24, 2.45) is 0 Å². The number of nitrogens with zero attached hydrogens (tertiary/aromatic N) is 3. The van der Waals surface area contributed by atoms with Crippen LogP contribution >= 0.6 is 11.6 Å². The Bertz CT molecular complexity index is 1130. The molecule has 1 saturated heterocycles. The maximum absolute atomic E-state index is 13.2. The van der Waals surface area contributed by atoms with Crippen LogP contribution in [0.2, 0.25) is 5.02 Å². The number of nitrogens with one attached hydrogen (secondary N) is 1. The number of halogens is 1. The van der Waals surface area contributed by atoms with E-state index in [0.717, 1.165) is 29.1 Å². The predicted octanol–water partition coefficient (Wildman–Crippen LogP) is 3.76. The van der Waals surface area contributed by atoms with E-state index in [1.54, 1.807) is 34.9 Å². The molecule has 7 nitrogen and oxygen atoms in total. The number of hydrogen-bond donors (Lipinski definition) is 1. The summed E-state index contributed by atoms with van der Waals surface area (Å²) in [7, 11) is 1.61. The van der Waals surface area contributed by atoms with Crippen LogP contribution in [0.15, 0.2) is 54.6 Å². The Hall–Kier alpha value is -3.32. The molecule has 3 aromatic rings. The van der Waals surface area contributed by atoms with Crippen LogP contribution in [-0.2, 0) is 11.3 Å². The Morgan fingerprint density at radius 2 is 1.97 bits per heavy atom. The lowest BCUT2D eigenvalue weighted by Crippen LogP contribution is -2.45. The van der Waals surface area contributed by atoms with Gasteiger partial charge in [0.1, 0.15) is 11.8 Å². The SMILES string of the molecule is COc1ccc(CNC(=O)[C@H]2CCCN2C(=O)c2cc(C)n(-c3cccc(Cl)c3)n2)cc1. The molecule has 1 atom stereocenters. The summed E-state index contributed by atoms with van der Waals surface area (Å²) in [5.41, 5.74) is 2.88. The van der Waals surface area contributed by atoms with Crippen molar-refractivity contribution in [3.8, 4) is 11.4 Å². The first-order chi connectivity index (χ1) is 15.5. The van der Waals surface area contributed by atoms with Crippen molar-refractivity contribution >= 4 is 23.4 Å². The van der Waals surface area contributed by atoms with Crippen molar-refractivity contribution < 1.29 is 14.3 Å². The van der Waals surface area contributed by atoms with Crippen LogP contribution in [0.5, 0.6) is 5.75 Å². The van der Waals surface area contributed by atoms with Gasteiger partial charge in [-0.3, -0.25) is 9.59 Å². The van der Waals surface area contributed by atoms with Gasteiger partial charge in [-0.1, -0.05) is 29.8 Å². The molecule has 0 unspecified atom stereocenters. The van der Waals surface area contributed by atoms with Crippen LogP contribution in [0.25, 0.3) is 5.69 Å². The molecular weight excluding hydrogens is 428 g/mol. The van der Waals surface area contributed by atoms with E-state index in [0.29, 0.717) is 30.2 Å². The first-order valence-electron chi connectivity index (χ1n) is 10.5. The Balaban J connectivity index is 1.45. The van der Waals surface area contributed by atoms with E-state index in [-0.39, 0.29) is 11.8 Å². The largest absolute Gasteiger partial charge is 0.497 e. The second kappa shape index (κ2) is 9.44. The number of benzene rings is 2. The highest BCUT2D eigenvalue weighted by atomic mass is 35.5. The minimum atomic E-state index is -0.502. The topological polar surface area (TPSA) is 76.5 Å². The quantitative estimate of drug-likeness (QED) is 0.617. The van der Waals surface area contributed by atoms with E-state index >= 15 is 0 Å². The highest BCUT2D eigenvalue weighted by molar-refractivity contribution is 6.30. The molecule has 8 heteroatoms. The molecule has 0 saturated carbocycles. The molecule has 0 aliphatic carbocycles. The van der Waals surface area contributed by atoms with Crippen LogP contribution < -0.4 is 10.1 Å². The van der Waals surface area contributed by atoms with Gasteiger partial charge in [0.15, 0.2) is 5.69 Å². The van der Waals surface area contributed by atoms with E-state index in [1.807, 2.05) is 43.3 Å². The second-order valence-electron chi connectivity index (χ2n) is 7.79. The number of ether oxygens (including phenoxy) is 1. The molecule has 32 heavy (non-hydrogen) atoms. The van der Waals surface area contributed by atoms with Crippen molar-refractivity contribution in [1.82, 2.24) is 20.0 Å². The molecule has 0 bridgehead atoms. The lowest BCUT2D eigenvalue weighted by Gasteiger charge is -2.23. The third kappa shape index (κ3) is 4.62. The fourth-order valence-corrected chi connectivity index (χ4v) is 4.11. The van der Waals surface area contributed by atoms with E-state index in [4.69, 9.17) is 16.3 Å². The van der Waals surface area contributed by atoms with E-state index in [1.165, 1.54) is 0 Å². The lowest BCUT2D eigenvalue weighted by atomic mass is 10.1. The first kappa shape index (κ1) is 21.9. The highest BCUT2D eigenvalue weighted by Crippen LogP contribution is 2.22. The molecule has 1 aliphatic rings. The lowest BCUT2D eigenvalue weighted by molar-refractivity contribution is -0.125. The molecule has 1 fully saturated rings. The van der Waals surface area contributed by atoms with Gasteiger partial charge in [0.25, 0.3) is 5.91 Å². The molecule has 1 aliphatic heterocycles. The summed E-state index contributed by atoms with van der Waals surface area (Å²) in [5.74, 6) is 0.369. The maximum atomic E-state index is 13.2. The zero-order valence-corrected chi connectivity index (χ0v) is 18.8. The fraction of sp³-hybridized carbons (Fsp3) is 0.292. The van der Waals surface area contributed by atoms with E-state index in [2.05, 4.69) is 10.4 Å². The van der Waals surface area contributed by atoms with Crippen molar-refractivity contribution in [2.75, 3.05) is 13.7 Å². The van der Waals surface area contributed by atoms with Gasteiger partial charge in [0.2, 0.25) is 5.91 Å². The number of likely N-dealkylation sites (tertiary alicyclic amines) is 1. The molecular formula is C24H25ClN4O3. The third-order valence-electron chi connectivity index (χ3n) is 5.60. The summed E-state index contributed by atoms with van der Waals surface area (Å²) in [4.78, 5) is 27.7. The van der Waals surface area contributed by atoms with Crippen LogP contribution in [0, 0.1) is 6.92 Å². The average Bonchev–Trinajstić information content (AvgIpc) is 3.44. The molecule has 1 N–H and O–H groups in total. The summed E-state index contributed by atoms with van der Waals surface area (Å²) in [6, 6.07) is 16.1. The highest BCUT2D eigenvalue weighted by Gasteiger charge is 2.35. The maximum Gasteiger partial charge on any atom is 0.275 e. The monoisotopic (exact) mass is 452 g/mol. The van der Waals surface area contributed by atoms with E-state index in [9.17, 15) is 9.59 Å². The normalized spacial score (nSPS) is 15.6.